The monoisotopic (exact) mass is 213 g/mol. The van der Waals surface area contributed by atoms with Crippen LogP contribution in [-0.4, -0.2) is 43.1 Å². The van der Waals surface area contributed by atoms with E-state index >= 15 is 0 Å². The zero-order valence-electron chi connectivity index (χ0n) is 9.16. The largest absolute Gasteiger partial charge is 0.495 e. The maximum Gasteiger partial charge on any atom is 0.123 e. The smallest absolute Gasteiger partial charge is 0.123 e. The van der Waals surface area contributed by atoms with Crippen LogP contribution in [0.4, 0.5) is 0 Å². The number of ether oxygens (including phenoxy) is 2. The first kappa shape index (κ1) is 10.9. The van der Waals surface area contributed by atoms with Gasteiger partial charge in [-0.25, -0.2) is 0 Å². The second kappa shape index (κ2) is 4.51. The van der Waals surface area contributed by atoms with Crippen LogP contribution in [0.2, 0.25) is 0 Å². The van der Waals surface area contributed by atoms with Crippen molar-refractivity contribution in [1.29, 1.82) is 0 Å². The molecular weight excluding hydrogens is 194 g/mol. The lowest BCUT2D eigenvalue weighted by Gasteiger charge is -2.31. The van der Waals surface area contributed by atoms with Crippen LogP contribution < -0.4 is 5.32 Å². The van der Waals surface area contributed by atoms with E-state index in [4.69, 9.17) is 9.47 Å². The summed E-state index contributed by atoms with van der Waals surface area (Å²) < 4.78 is 10.8. The Hall–Kier alpha value is -0.580. The van der Waals surface area contributed by atoms with Crippen molar-refractivity contribution < 1.29 is 14.6 Å². The Morgan fingerprint density at radius 2 is 2.47 bits per heavy atom. The SMILES string of the molecule is CC(O)(CC1COCCN1)C1=CCCO1. The van der Waals surface area contributed by atoms with Crippen molar-refractivity contribution in [2.75, 3.05) is 26.4 Å². The van der Waals surface area contributed by atoms with Gasteiger partial charge in [0.15, 0.2) is 0 Å². The first-order chi connectivity index (χ1) is 7.18. The molecule has 0 bridgehead atoms. The van der Waals surface area contributed by atoms with Gasteiger partial charge in [0.05, 0.1) is 19.8 Å². The lowest BCUT2D eigenvalue weighted by Crippen LogP contribution is -2.46. The predicted molar refractivity (Wildman–Crippen MR) is 56.5 cm³/mol. The van der Waals surface area contributed by atoms with E-state index < -0.39 is 5.60 Å². The first-order valence-electron chi connectivity index (χ1n) is 5.55. The molecule has 4 nitrogen and oxygen atoms in total. The van der Waals surface area contributed by atoms with Gasteiger partial charge in [0.1, 0.15) is 11.4 Å². The molecule has 2 atom stereocenters. The zero-order valence-corrected chi connectivity index (χ0v) is 9.16. The summed E-state index contributed by atoms with van der Waals surface area (Å²) in [4.78, 5) is 0. The molecule has 0 aromatic rings. The molecule has 0 radical (unpaired) electrons. The van der Waals surface area contributed by atoms with Crippen LogP contribution in [-0.2, 0) is 9.47 Å². The minimum Gasteiger partial charge on any atom is -0.495 e. The molecule has 15 heavy (non-hydrogen) atoms. The lowest BCUT2D eigenvalue weighted by molar-refractivity contribution is -0.00390. The Balaban J connectivity index is 1.90. The van der Waals surface area contributed by atoms with Crippen molar-refractivity contribution >= 4 is 0 Å². The Bertz CT molecular complexity index is 244. The van der Waals surface area contributed by atoms with Crippen LogP contribution in [0.3, 0.4) is 0 Å². The number of rotatable bonds is 3. The third-order valence-electron chi connectivity index (χ3n) is 2.88. The summed E-state index contributed by atoms with van der Waals surface area (Å²) in [5, 5.41) is 13.6. The fraction of sp³-hybridized carbons (Fsp3) is 0.818. The molecule has 0 aromatic heterocycles. The van der Waals surface area contributed by atoms with Gasteiger partial charge in [-0.15, -0.1) is 0 Å². The molecule has 2 N–H and O–H groups in total. The maximum absolute atomic E-state index is 10.3. The normalized spacial score (nSPS) is 30.5. The molecule has 0 saturated carbocycles. The summed E-state index contributed by atoms with van der Waals surface area (Å²) >= 11 is 0. The predicted octanol–water partition coefficient (Wildman–Crippen LogP) is 0.420. The fourth-order valence-corrected chi connectivity index (χ4v) is 2.12. The van der Waals surface area contributed by atoms with Crippen LogP contribution in [0, 0.1) is 0 Å². The van der Waals surface area contributed by atoms with Gasteiger partial charge in [-0.2, -0.15) is 0 Å². The Morgan fingerprint density at radius 1 is 1.60 bits per heavy atom. The molecule has 1 fully saturated rings. The van der Waals surface area contributed by atoms with Crippen LogP contribution >= 0.6 is 0 Å². The third kappa shape index (κ3) is 2.71. The lowest BCUT2D eigenvalue weighted by atomic mass is 9.94. The van der Waals surface area contributed by atoms with E-state index in [1.54, 1.807) is 6.92 Å². The van der Waals surface area contributed by atoms with Crippen molar-refractivity contribution in [3.8, 4) is 0 Å². The molecule has 2 rings (SSSR count). The fourth-order valence-electron chi connectivity index (χ4n) is 2.12. The molecule has 4 heteroatoms. The standard InChI is InChI=1S/C11H19NO3/c1-11(13,10-3-2-5-15-10)7-9-8-14-6-4-12-9/h3,9,12-13H,2,4-8H2,1H3. The summed E-state index contributed by atoms with van der Waals surface area (Å²) in [6, 6.07) is 0.221. The van der Waals surface area contributed by atoms with Gasteiger partial charge in [0.25, 0.3) is 0 Å². The van der Waals surface area contributed by atoms with Crippen LogP contribution in [0.25, 0.3) is 0 Å². The molecular formula is C11H19NO3. The number of morpholine rings is 1. The highest BCUT2D eigenvalue weighted by molar-refractivity contribution is 5.12. The van der Waals surface area contributed by atoms with Gasteiger partial charge in [-0.3, -0.25) is 0 Å². The minimum atomic E-state index is -0.866. The quantitative estimate of drug-likeness (QED) is 0.713. The van der Waals surface area contributed by atoms with Gasteiger partial charge in [-0.05, 0) is 13.0 Å². The molecule has 2 aliphatic rings. The van der Waals surface area contributed by atoms with Crippen molar-refractivity contribution in [1.82, 2.24) is 5.32 Å². The molecule has 2 aliphatic heterocycles. The topological polar surface area (TPSA) is 50.7 Å². The van der Waals surface area contributed by atoms with E-state index in [-0.39, 0.29) is 6.04 Å². The van der Waals surface area contributed by atoms with Gasteiger partial charge < -0.3 is 19.9 Å². The highest BCUT2D eigenvalue weighted by atomic mass is 16.5. The summed E-state index contributed by atoms with van der Waals surface area (Å²) in [5.74, 6) is 0.717. The van der Waals surface area contributed by atoms with E-state index in [0.29, 0.717) is 19.6 Å². The van der Waals surface area contributed by atoms with E-state index in [1.807, 2.05) is 6.08 Å². The van der Waals surface area contributed by atoms with Gasteiger partial charge in [0.2, 0.25) is 0 Å². The maximum atomic E-state index is 10.3. The number of hydrogen-bond acceptors (Lipinski definition) is 4. The minimum absolute atomic E-state index is 0.221. The van der Waals surface area contributed by atoms with Crippen molar-refractivity contribution in [3.05, 3.63) is 11.8 Å². The molecule has 0 spiro atoms. The van der Waals surface area contributed by atoms with Crippen LogP contribution in [0.15, 0.2) is 11.8 Å². The average Bonchev–Trinajstić information content (AvgIpc) is 2.71. The average molecular weight is 213 g/mol. The number of nitrogens with one attached hydrogen (secondary N) is 1. The highest BCUT2D eigenvalue weighted by Gasteiger charge is 2.33. The van der Waals surface area contributed by atoms with Gasteiger partial charge in [0, 0.05) is 25.4 Å². The second-order valence-electron chi connectivity index (χ2n) is 4.41. The Morgan fingerprint density at radius 3 is 3.07 bits per heavy atom. The summed E-state index contributed by atoms with van der Waals surface area (Å²) in [5.41, 5.74) is -0.866. The van der Waals surface area contributed by atoms with E-state index in [2.05, 4.69) is 5.32 Å². The molecule has 2 unspecified atom stereocenters. The van der Waals surface area contributed by atoms with Crippen LogP contribution in [0.5, 0.6) is 0 Å². The number of hydrogen-bond donors (Lipinski definition) is 2. The van der Waals surface area contributed by atoms with Crippen LogP contribution in [0.1, 0.15) is 19.8 Å². The van der Waals surface area contributed by atoms with Crippen molar-refractivity contribution in [2.45, 2.75) is 31.4 Å². The molecule has 0 aliphatic carbocycles. The highest BCUT2D eigenvalue weighted by Crippen LogP contribution is 2.27. The molecule has 86 valence electrons. The van der Waals surface area contributed by atoms with Crippen molar-refractivity contribution in [3.63, 3.8) is 0 Å². The first-order valence-corrected chi connectivity index (χ1v) is 5.55. The Labute approximate surface area is 90.3 Å². The third-order valence-corrected chi connectivity index (χ3v) is 2.88. The van der Waals surface area contributed by atoms with E-state index in [0.717, 1.165) is 25.3 Å². The summed E-state index contributed by atoms with van der Waals surface area (Å²) in [6.07, 6.45) is 3.52. The summed E-state index contributed by atoms with van der Waals surface area (Å²) in [6.45, 7) is 4.79. The van der Waals surface area contributed by atoms with Gasteiger partial charge >= 0.3 is 0 Å². The molecule has 1 saturated heterocycles. The number of aliphatic hydroxyl groups is 1. The summed E-state index contributed by atoms with van der Waals surface area (Å²) in [7, 11) is 0. The van der Waals surface area contributed by atoms with E-state index in [9.17, 15) is 5.11 Å². The van der Waals surface area contributed by atoms with Crippen molar-refractivity contribution in [2.24, 2.45) is 0 Å². The van der Waals surface area contributed by atoms with Gasteiger partial charge in [-0.1, -0.05) is 0 Å². The molecule has 2 heterocycles. The zero-order chi connectivity index (χ0) is 10.7. The Kier molecular flexibility index (Phi) is 3.29. The van der Waals surface area contributed by atoms with E-state index in [1.165, 1.54) is 0 Å². The molecule has 0 aromatic carbocycles. The second-order valence-corrected chi connectivity index (χ2v) is 4.41. The molecule has 0 amide bonds.